The quantitative estimate of drug-likeness (QED) is 0.500. The van der Waals surface area contributed by atoms with Gasteiger partial charge in [0, 0.05) is 5.57 Å². The maximum atomic E-state index is 8.98. The van der Waals surface area contributed by atoms with Gasteiger partial charge in [0.1, 0.15) is 29.8 Å². The van der Waals surface area contributed by atoms with E-state index in [0.717, 1.165) is 11.8 Å². The van der Waals surface area contributed by atoms with E-state index in [-0.39, 0.29) is 31.6 Å². The maximum Gasteiger partial charge on any atom is 0.139 e. The van der Waals surface area contributed by atoms with Crippen LogP contribution < -0.4 is 5.73 Å². The number of nitriles is 4. The smallest absolute Gasteiger partial charge is 0.139 e. The molecule has 0 radical (unpaired) electrons. The first-order valence-corrected chi connectivity index (χ1v) is 5.33. The normalized spacial score (nSPS) is 14.5. The molecule has 0 bridgehead atoms. The van der Waals surface area contributed by atoms with Crippen LogP contribution in [0.15, 0.2) is 31.6 Å². The highest BCUT2D eigenvalue weighted by molar-refractivity contribution is 8.18. The van der Waals surface area contributed by atoms with Crippen molar-refractivity contribution in [2.24, 2.45) is 5.73 Å². The van der Waals surface area contributed by atoms with Gasteiger partial charge in [0.25, 0.3) is 0 Å². The summed E-state index contributed by atoms with van der Waals surface area (Å²) in [5, 5.41) is 35.7. The van der Waals surface area contributed by atoms with Gasteiger partial charge in [-0.2, -0.15) is 21.0 Å². The topological polar surface area (TPSA) is 121 Å². The number of thiol groups is 1. The summed E-state index contributed by atoms with van der Waals surface area (Å²) in [5.74, 6) is 0. The number of rotatable bonds is 0. The average molecular weight is 257 g/mol. The molecule has 0 atom stereocenters. The Balaban J connectivity index is 3.73. The van der Waals surface area contributed by atoms with Crippen LogP contribution in [0.5, 0.6) is 0 Å². The highest BCUT2D eigenvalue weighted by atomic mass is 32.2. The number of hydrogen-bond acceptors (Lipinski definition) is 7. The molecule has 1 aliphatic heterocycles. The third-order valence-electron chi connectivity index (χ3n) is 1.86. The lowest BCUT2D eigenvalue weighted by Crippen LogP contribution is -2.09. The van der Waals surface area contributed by atoms with E-state index in [2.05, 4.69) is 12.6 Å². The van der Waals surface area contributed by atoms with Crippen LogP contribution in [0, 0.1) is 45.3 Å². The second-order valence-electron chi connectivity index (χ2n) is 2.72. The van der Waals surface area contributed by atoms with E-state index >= 15 is 0 Å². The molecule has 0 fully saturated rings. The minimum atomic E-state index is -0.326. The molecule has 0 aromatic carbocycles. The summed E-state index contributed by atoms with van der Waals surface area (Å²) >= 11 is 5.00. The van der Waals surface area contributed by atoms with Gasteiger partial charge < -0.3 is 5.73 Å². The van der Waals surface area contributed by atoms with E-state index < -0.39 is 0 Å². The van der Waals surface area contributed by atoms with E-state index in [4.69, 9.17) is 26.8 Å². The van der Waals surface area contributed by atoms with Gasteiger partial charge in [0.15, 0.2) is 0 Å². The molecule has 7 heteroatoms. The van der Waals surface area contributed by atoms with Crippen molar-refractivity contribution in [1.29, 1.82) is 21.0 Å². The van der Waals surface area contributed by atoms with Gasteiger partial charge in [-0.15, -0.1) is 12.6 Å². The lowest BCUT2D eigenvalue weighted by Gasteiger charge is -2.15. The lowest BCUT2D eigenvalue weighted by molar-refractivity contribution is 1.32. The molecule has 0 amide bonds. The summed E-state index contributed by atoms with van der Waals surface area (Å²) < 4.78 is 0.266. The number of allylic oxidation sites excluding steroid dienone is 4. The molecule has 1 rings (SSSR count). The molecular weight excluding hydrogens is 254 g/mol. The van der Waals surface area contributed by atoms with Crippen LogP contribution >= 0.6 is 24.4 Å². The van der Waals surface area contributed by atoms with Gasteiger partial charge >= 0.3 is 0 Å². The molecule has 0 aliphatic carbocycles. The Morgan fingerprint density at radius 1 is 1.06 bits per heavy atom. The molecule has 0 saturated heterocycles. The SMILES string of the molecule is N#CC(C#N)=C1C(C#N)=C(N)SC(S)=C1C#N. The molecule has 80 valence electrons. The van der Waals surface area contributed by atoms with Crippen LogP contribution in [0.1, 0.15) is 0 Å². The molecule has 5 nitrogen and oxygen atoms in total. The first-order valence-electron chi connectivity index (χ1n) is 4.06. The van der Waals surface area contributed by atoms with E-state index in [1.54, 1.807) is 18.2 Å². The zero-order valence-electron chi connectivity index (χ0n) is 8.22. The molecule has 0 saturated carbocycles. The molecule has 0 aromatic rings. The average Bonchev–Trinajstić information content (AvgIpc) is 2.31. The van der Waals surface area contributed by atoms with Crippen LogP contribution in [-0.4, -0.2) is 0 Å². The standard InChI is InChI=1S/C10H3N5S2/c11-1-5(2-12)8-6(3-13)9(15)17-10(16)7(8)4-14/h16H,15H2. The molecular formula is C10H3N5S2. The summed E-state index contributed by atoms with van der Waals surface area (Å²) in [6, 6.07) is 6.89. The van der Waals surface area contributed by atoms with Gasteiger partial charge in [-0.1, -0.05) is 11.8 Å². The predicted octanol–water partition coefficient (Wildman–Crippen LogP) is 1.44. The maximum absolute atomic E-state index is 8.98. The zero-order chi connectivity index (χ0) is 13.0. The monoisotopic (exact) mass is 257 g/mol. The molecule has 17 heavy (non-hydrogen) atoms. The van der Waals surface area contributed by atoms with Crippen LogP contribution in [0.25, 0.3) is 0 Å². The van der Waals surface area contributed by atoms with E-state index in [1.807, 2.05) is 6.07 Å². The third kappa shape index (κ3) is 2.12. The van der Waals surface area contributed by atoms with Crippen molar-refractivity contribution in [3.8, 4) is 24.3 Å². The molecule has 1 heterocycles. The predicted molar refractivity (Wildman–Crippen MR) is 64.3 cm³/mol. The Bertz CT molecular complexity index is 586. The number of hydrogen-bond donors (Lipinski definition) is 2. The number of nitrogens with zero attached hydrogens (tertiary/aromatic N) is 4. The Morgan fingerprint density at radius 3 is 2.00 bits per heavy atom. The highest BCUT2D eigenvalue weighted by Gasteiger charge is 2.27. The molecule has 2 N–H and O–H groups in total. The number of nitrogens with two attached hydrogens (primary N) is 1. The summed E-state index contributed by atoms with van der Waals surface area (Å²) in [4.78, 5) is 0. The van der Waals surface area contributed by atoms with Crippen LogP contribution in [-0.2, 0) is 0 Å². The van der Waals surface area contributed by atoms with Gasteiger partial charge in [-0.3, -0.25) is 0 Å². The fourth-order valence-electron chi connectivity index (χ4n) is 1.16. The summed E-state index contributed by atoms with van der Waals surface area (Å²) in [5.41, 5.74) is 5.22. The molecule has 0 unspecified atom stereocenters. The van der Waals surface area contributed by atoms with Crippen molar-refractivity contribution in [1.82, 2.24) is 0 Å². The zero-order valence-corrected chi connectivity index (χ0v) is 9.93. The second-order valence-corrected chi connectivity index (χ2v) is 4.52. The van der Waals surface area contributed by atoms with Gasteiger partial charge in [-0.05, 0) is 0 Å². The van der Waals surface area contributed by atoms with Crippen molar-refractivity contribution >= 4 is 24.4 Å². The first-order chi connectivity index (χ1) is 8.10. The largest absolute Gasteiger partial charge is 0.392 e. The van der Waals surface area contributed by atoms with Crippen molar-refractivity contribution in [3.63, 3.8) is 0 Å². The summed E-state index contributed by atoms with van der Waals surface area (Å²) in [6.45, 7) is 0. The van der Waals surface area contributed by atoms with Crippen molar-refractivity contribution < 1.29 is 0 Å². The highest BCUT2D eigenvalue weighted by Crippen LogP contribution is 2.41. The third-order valence-corrected chi connectivity index (χ3v) is 3.18. The minimum Gasteiger partial charge on any atom is -0.392 e. The molecule has 0 spiro atoms. The van der Waals surface area contributed by atoms with E-state index in [1.165, 1.54) is 0 Å². The summed E-state index contributed by atoms with van der Waals surface area (Å²) in [6.07, 6.45) is 0. The van der Waals surface area contributed by atoms with Gasteiger partial charge in [-0.25, -0.2) is 0 Å². The van der Waals surface area contributed by atoms with Crippen molar-refractivity contribution in [2.45, 2.75) is 0 Å². The Kier molecular flexibility index (Phi) is 3.86. The minimum absolute atomic E-state index is 0.0159. The second kappa shape index (κ2) is 5.14. The van der Waals surface area contributed by atoms with Crippen LogP contribution in [0.2, 0.25) is 0 Å². The van der Waals surface area contributed by atoms with E-state index in [9.17, 15) is 0 Å². The fraction of sp³-hybridized carbons (Fsp3) is 0. The van der Waals surface area contributed by atoms with Crippen LogP contribution in [0.3, 0.4) is 0 Å². The van der Waals surface area contributed by atoms with E-state index in [0.29, 0.717) is 0 Å². The Labute approximate surface area is 107 Å². The van der Waals surface area contributed by atoms with Gasteiger partial charge in [0.05, 0.1) is 20.4 Å². The van der Waals surface area contributed by atoms with Gasteiger partial charge in [0.2, 0.25) is 0 Å². The van der Waals surface area contributed by atoms with Crippen molar-refractivity contribution in [2.75, 3.05) is 0 Å². The summed E-state index contributed by atoms with van der Waals surface area (Å²) in [7, 11) is 0. The lowest BCUT2D eigenvalue weighted by atomic mass is 9.96. The first kappa shape index (κ1) is 12.7. The Hall–Kier alpha value is -2.32. The molecule has 1 aliphatic rings. The van der Waals surface area contributed by atoms with Crippen molar-refractivity contribution in [3.05, 3.63) is 31.6 Å². The Morgan fingerprint density at radius 2 is 1.59 bits per heavy atom. The van der Waals surface area contributed by atoms with Crippen LogP contribution in [0.4, 0.5) is 0 Å². The molecule has 0 aromatic heterocycles. The number of thioether (sulfide) groups is 1. The fourth-order valence-corrected chi connectivity index (χ4v) is 2.33.